The molecule has 0 saturated carbocycles. The third-order valence-corrected chi connectivity index (χ3v) is 7.48. The molecule has 2 heterocycles. The summed E-state index contributed by atoms with van der Waals surface area (Å²) in [5.74, 6) is 0.889. The fourth-order valence-electron chi connectivity index (χ4n) is 5.02. The molecule has 0 atom stereocenters. The number of halogens is 3. The summed E-state index contributed by atoms with van der Waals surface area (Å²) in [5, 5.41) is 3.58. The molecule has 8 nitrogen and oxygen atoms in total. The summed E-state index contributed by atoms with van der Waals surface area (Å²) in [5.41, 5.74) is 2.53. The lowest BCUT2D eigenvalue weighted by atomic mass is 10.1. The third kappa shape index (κ3) is 7.79. The van der Waals surface area contributed by atoms with Gasteiger partial charge in [-0.25, -0.2) is 9.97 Å². The smallest absolute Gasteiger partial charge is 0.416 e. The van der Waals surface area contributed by atoms with E-state index < -0.39 is 11.7 Å². The average Bonchev–Trinajstić information content (AvgIpc) is 2.99. The van der Waals surface area contributed by atoms with Crippen LogP contribution in [0.3, 0.4) is 0 Å². The zero-order valence-electron chi connectivity index (χ0n) is 24.2. The van der Waals surface area contributed by atoms with E-state index in [1.807, 2.05) is 24.3 Å². The van der Waals surface area contributed by atoms with Gasteiger partial charge < -0.3 is 24.6 Å². The lowest BCUT2D eigenvalue weighted by Crippen LogP contribution is -2.44. The largest absolute Gasteiger partial charge is 0.493 e. The number of carbonyl (C=O) groups is 1. The van der Waals surface area contributed by atoms with Gasteiger partial charge in [0.25, 0.3) is 0 Å². The molecule has 0 unspecified atom stereocenters. The first kappa shape index (κ1) is 30.2. The molecule has 3 aromatic carbocycles. The number of rotatable bonds is 10. The maximum atomic E-state index is 12.8. The van der Waals surface area contributed by atoms with Gasteiger partial charge in [-0.2, -0.15) is 13.2 Å². The number of aromatic nitrogens is 2. The first-order valence-corrected chi connectivity index (χ1v) is 14.1. The summed E-state index contributed by atoms with van der Waals surface area (Å²) in [6, 6.07) is 15.5. The zero-order chi connectivity index (χ0) is 30.4. The van der Waals surface area contributed by atoms with Crippen molar-refractivity contribution in [2.45, 2.75) is 19.0 Å². The number of piperazine rings is 1. The highest BCUT2D eigenvalue weighted by Gasteiger charge is 2.30. The molecule has 1 aromatic heterocycles. The Morgan fingerprint density at radius 2 is 1.67 bits per heavy atom. The third-order valence-electron chi connectivity index (χ3n) is 7.48. The molecule has 0 spiro atoms. The molecule has 1 aliphatic heterocycles. The van der Waals surface area contributed by atoms with Gasteiger partial charge in [-0.15, -0.1) is 0 Å². The van der Waals surface area contributed by atoms with E-state index in [-0.39, 0.29) is 12.3 Å². The molecule has 0 radical (unpaired) electrons. The van der Waals surface area contributed by atoms with Crippen LogP contribution in [0.25, 0.3) is 22.2 Å². The van der Waals surface area contributed by atoms with E-state index in [2.05, 4.69) is 32.1 Å². The van der Waals surface area contributed by atoms with Crippen LogP contribution in [-0.4, -0.2) is 79.2 Å². The van der Waals surface area contributed by atoms with E-state index >= 15 is 0 Å². The van der Waals surface area contributed by atoms with Crippen LogP contribution in [0.2, 0.25) is 0 Å². The molecule has 226 valence electrons. The molecule has 1 N–H and O–H groups in total. The number of hydrogen-bond donors (Lipinski definition) is 1. The number of ether oxygens (including phenoxy) is 2. The Labute approximate surface area is 248 Å². The normalized spacial score (nSPS) is 14.5. The van der Waals surface area contributed by atoms with Crippen molar-refractivity contribution in [3.63, 3.8) is 0 Å². The van der Waals surface area contributed by atoms with Crippen LogP contribution in [0.4, 0.5) is 18.9 Å². The number of hydrogen-bond acceptors (Lipinski definition) is 7. The minimum absolute atomic E-state index is 0.0452. The molecule has 43 heavy (non-hydrogen) atoms. The van der Waals surface area contributed by atoms with Crippen molar-refractivity contribution in [2.75, 3.05) is 58.8 Å². The minimum Gasteiger partial charge on any atom is -0.493 e. The molecule has 5 rings (SSSR count). The van der Waals surface area contributed by atoms with Crippen LogP contribution in [0, 0.1) is 0 Å². The molecule has 1 saturated heterocycles. The van der Waals surface area contributed by atoms with Crippen molar-refractivity contribution in [2.24, 2.45) is 0 Å². The Kier molecular flexibility index (Phi) is 9.42. The van der Waals surface area contributed by atoms with E-state index in [4.69, 9.17) is 9.47 Å². The Hall–Kier alpha value is -4.22. The Balaban J connectivity index is 1.22. The van der Waals surface area contributed by atoms with Crippen molar-refractivity contribution in [1.29, 1.82) is 0 Å². The van der Waals surface area contributed by atoms with Gasteiger partial charge in [-0.1, -0.05) is 24.3 Å². The summed E-state index contributed by atoms with van der Waals surface area (Å²) in [6.07, 6.45) is -2.05. The van der Waals surface area contributed by atoms with E-state index in [0.29, 0.717) is 40.6 Å². The highest BCUT2D eigenvalue weighted by atomic mass is 19.4. The van der Waals surface area contributed by atoms with Gasteiger partial charge in [0.15, 0.2) is 11.5 Å². The number of benzene rings is 3. The fraction of sp³-hybridized carbons (Fsp3) is 0.344. The molecular weight excluding hydrogens is 559 g/mol. The van der Waals surface area contributed by atoms with E-state index in [1.54, 1.807) is 19.2 Å². The van der Waals surface area contributed by atoms with Gasteiger partial charge in [0.1, 0.15) is 6.33 Å². The quantitative estimate of drug-likeness (QED) is 0.243. The molecule has 4 aromatic rings. The lowest BCUT2D eigenvalue weighted by molar-refractivity contribution is -0.137. The summed E-state index contributed by atoms with van der Waals surface area (Å²) < 4.78 is 50.1. The van der Waals surface area contributed by atoms with Gasteiger partial charge >= 0.3 is 6.18 Å². The monoisotopic (exact) mass is 593 g/mol. The van der Waals surface area contributed by atoms with E-state index in [0.717, 1.165) is 62.2 Å². The summed E-state index contributed by atoms with van der Waals surface area (Å²) >= 11 is 0. The van der Waals surface area contributed by atoms with E-state index in [1.165, 1.54) is 18.5 Å². The van der Waals surface area contributed by atoms with Crippen LogP contribution in [0.15, 0.2) is 67.0 Å². The molecular formula is C32H34F3N5O3. The van der Waals surface area contributed by atoms with Gasteiger partial charge in [-0.05, 0) is 49.4 Å². The maximum absolute atomic E-state index is 12.8. The average molecular weight is 594 g/mol. The number of methoxy groups -OCH3 is 1. The van der Waals surface area contributed by atoms with Crippen molar-refractivity contribution in [1.82, 2.24) is 19.8 Å². The number of nitrogens with one attached hydrogen (secondary N) is 1. The highest BCUT2D eigenvalue weighted by Crippen LogP contribution is 2.36. The number of alkyl halides is 3. The van der Waals surface area contributed by atoms with E-state index in [9.17, 15) is 18.0 Å². The summed E-state index contributed by atoms with van der Waals surface area (Å²) in [7, 11) is 3.75. The van der Waals surface area contributed by atoms with Crippen LogP contribution >= 0.6 is 0 Å². The van der Waals surface area contributed by atoms with Crippen LogP contribution in [0.5, 0.6) is 11.5 Å². The number of fused-ring (bicyclic) bond motifs is 1. The zero-order valence-corrected chi connectivity index (χ0v) is 24.2. The SMILES string of the molecule is COc1cc2c(-c3ccc(NC(=O)Cc4ccc(C(F)(F)F)cc4)cc3)ncnc2cc1OCCCN1CCN(C)CC1. The standard InChI is InChI=1S/C32H34F3N5O3/c1-39-13-15-40(16-14-39)12-3-17-43-29-20-27-26(19-28(29)42-2)31(37-21-36-27)23-6-10-25(11-7-23)38-30(41)18-22-4-8-24(9-5-22)32(33,34)35/h4-11,19-21H,3,12-18H2,1-2H3,(H,38,41). The molecule has 1 aliphatic rings. The van der Waals surface area contributed by atoms with Crippen molar-refractivity contribution in [3.8, 4) is 22.8 Å². The molecule has 1 fully saturated rings. The Bertz CT molecular complexity index is 1540. The number of carbonyl (C=O) groups excluding carboxylic acids is 1. The van der Waals surface area contributed by atoms with Gasteiger partial charge in [0.05, 0.1) is 36.9 Å². The second-order valence-electron chi connectivity index (χ2n) is 10.6. The fourth-order valence-corrected chi connectivity index (χ4v) is 5.02. The van der Waals surface area contributed by atoms with Crippen molar-refractivity contribution in [3.05, 3.63) is 78.1 Å². The summed E-state index contributed by atoms with van der Waals surface area (Å²) in [4.78, 5) is 26.2. The lowest BCUT2D eigenvalue weighted by Gasteiger charge is -2.32. The van der Waals surface area contributed by atoms with Crippen molar-refractivity contribution >= 4 is 22.5 Å². The molecule has 1 amide bonds. The number of nitrogens with zero attached hydrogens (tertiary/aromatic N) is 4. The first-order chi connectivity index (χ1) is 20.7. The van der Waals surface area contributed by atoms with Gasteiger partial charge in [0, 0.05) is 55.4 Å². The van der Waals surface area contributed by atoms with Crippen LogP contribution < -0.4 is 14.8 Å². The topological polar surface area (TPSA) is 79.8 Å². The Morgan fingerprint density at radius 3 is 2.35 bits per heavy atom. The molecule has 0 aliphatic carbocycles. The maximum Gasteiger partial charge on any atom is 0.416 e. The van der Waals surface area contributed by atoms with Crippen LogP contribution in [-0.2, 0) is 17.4 Å². The summed E-state index contributed by atoms with van der Waals surface area (Å²) in [6.45, 7) is 5.88. The number of anilines is 1. The van der Waals surface area contributed by atoms with Gasteiger partial charge in [-0.3, -0.25) is 4.79 Å². The molecule has 0 bridgehead atoms. The second kappa shape index (κ2) is 13.4. The first-order valence-electron chi connectivity index (χ1n) is 14.1. The predicted octanol–water partition coefficient (Wildman–Crippen LogP) is 5.52. The molecule has 11 heteroatoms. The van der Waals surface area contributed by atoms with Crippen molar-refractivity contribution < 1.29 is 27.4 Å². The number of amides is 1. The van der Waals surface area contributed by atoms with Crippen LogP contribution in [0.1, 0.15) is 17.5 Å². The predicted molar refractivity (Wildman–Crippen MR) is 159 cm³/mol. The number of likely N-dealkylation sites (N-methyl/N-ethyl adjacent to an activating group) is 1. The second-order valence-corrected chi connectivity index (χ2v) is 10.6. The highest BCUT2D eigenvalue weighted by molar-refractivity contribution is 5.95. The Morgan fingerprint density at radius 1 is 0.953 bits per heavy atom. The minimum atomic E-state index is -4.41. The van der Waals surface area contributed by atoms with Gasteiger partial charge in [0.2, 0.25) is 5.91 Å².